The van der Waals surface area contributed by atoms with Crippen molar-refractivity contribution >= 4 is 21.1 Å². The van der Waals surface area contributed by atoms with Crippen molar-refractivity contribution in [3.63, 3.8) is 0 Å². The summed E-state index contributed by atoms with van der Waals surface area (Å²) in [6, 6.07) is 4.15. The average molecular weight is 385 g/mol. The standard InChI is InChI=1S/C17H19N7O2S/c1-3-27(25,26)23-9-17(10-23,4-5-18)24-8-13(7-21-24)15-14-6-12(2)22-16(14)20-11-19-15/h6-8,11H,3-4,9-10H2,1-2H3,(H,19,20,22). The van der Waals surface area contributed by atoms with Crippen molar-refractivity contribution in [3.8, 4) is 17.3 Å². The monoisotopic (exact) mass is 385 g/mol. The van der Waals surface area contributed by atoms with Crippen LogP contribution >= 0.6 is 0 Å². The van der Waals surface area contributed by atoms with E-state index in [2.05, 4.69) is 26.1 Å². The topological polar surface area (TPSA) is 121 Å². The summed E-state index contributed by atoms with van der Waals surface area (Å²) < 4.78 is 27.3. The molecule has 3 aromatic rings. The van der Waals surface area contributed by atoms with Crippen molar-refractivity contribution in [2.24, 2.45) is 0 Å². The van der Waals surface area contributed by atoms with Gasteiger partial charge in [-0.3, -0.25) is 4.68 Å². The maximum absolute atomic E-state index is 12.1. The Balaban J connectivity index is 1.70. The molecule has 0 aromatic carbocycles. The zero-order valence-corrected chi connectivity index (χ0v) is 15.9. The Bertz CT molecular complexity index is 1150. The molecule has 1 aliphatic heterocycles. The van der Waals surface area contributed by atoms with Crippen LogP contribution in [-0.4, -0.2) is 56.3 Å². The molecule has 4 heterocycles. The molecule has 0 unspecified atom stereocenters. The van der Waals surface area contributed by atoms with Gasteiger partial charge >= 0.3 is 0 Å². The highest BCUT2D eigenvalue weighted by atomic mass is 32.2. The van der Waals surface area contributed by atoms with E-state index in [1.807, 2.05) is 19.2 Å². The maximum atomic E-state index is 12.1. The van der Waals surface area contributed by atoms with Gasteiger partial charge in [0.2, 0.25) is 10.0 Å². The Morgan fingerprint density at radius 3 is 2.85 bits per heavy atom. The molecule has 1 saturated heterocycles. The number of fused-ring (bicyclic) bond motifs is 1. The van der Waals surface area contributed by atoms with Gasteiger partial charge in [0, 0.05) is 35.9 Å². The quantitative estimate of drug-likeness (QED) is 0.709. The Kier molecular flexibility index (Phi) is 4.01. The zero-order valence-electron chi connectivity index (χ0n) is 15.0. The Morgan fingerprint density at radius 1 is 1.37 bits per heavy atom. The van der Waals surface area contributed by atoms with Gasteiger partial charge in [-0.2, -0.15) is 14.7 Å². The van der Waals surface area contributed by atoms with Crippen LogP contribution < -0.4 is 0 Å². The Labute approximate surface area is 156 Å². The number of rotatable bonds is 5. The lowest BCUT2D eigenvalue weighted by molar-refractivity contribution is 0.0719. The summed E-state index contributed by atoms with van der Waals surface area (Å²) in [6.45, 7) is 4.07. The molecule has 3 aromatic heterocycles. The third-order valence-electron chi connectivity index (χ3n) is 5.01. The fourth-order valence-corrected chi connectivity index (χ4v) is 4.72. The molecule has 140 valence electrons. The van der Waals surface area contributed by atoms with Gasteiger partial charge in [0.25, 0.3) is 0 Å². The van der Waals surface area contributed by atoms with Gasteiger partial charge in [0.05, 0.1) is 30.1 Å². The molecule has 1 aliphatic rings. The van der Waals surface area contributed by atoms with Crippen molar-refractivity contribution in [2.75, 3.05) is 18.8 Å². The van der Waals surface area contributed by atoms with E-state index in [1.54, 1.807) is 17.8 Å². The number of nitrogens with one attached hydrogen (secondary N) is 1. The number of sulfonamides is 1. The molecule has 4 rings (SSSR count). The van der Waals surface area contributed by atoms with Crippen molar-refractivity contribution in [2.45, 2.75) is 25.8 Å². The van der Waals surface area contributed by atoms with E-state index in [4.69, 9.17) is 0 Å². The molecule has 1 fully saturated rings. The smallest absolute Gasteiger partial charge is 0.213 e. The second kappa shape index (κ2) is 6.14. The van der Waals surface area contributed by atoms with Crippen molar-refractivity contribution in [1.82, 2.24) is 29.0 Å². The predicted molar refractivity (Wildman–Crippen MR) is 99.1 cm³/mol. The molecule has 0 saturated carbocycles. The van der Waals surface area contributed by atoms with Crippen LogP contribution in [0.2, 0.25) is 0 Å². The highest BCUT2D eigenvalue weighted by molar-refractivity contribution is 7.89. The molecule has 0 radical (unpaired) electrons. The minimum Gasteiger partial charge on any atom is -0.343 e. The van der Waals surface area contributed by atoms with E-state index in [0.29, 0.717) is 0 Å². The Morgan fingerprint density at radius 2 is 2.15 bits per heavy atom. The second-order valence-electron chi connectivity index (χ2n) is 6.84. The number of H-pyrrole nitrogens is 1. The van der Waals surface area contributed by atoms with Crippen LogP contribution in [0.15, 0.2) is 24.8 Å². The number of aromatic amines is 1. The first-order chi connectivity index (χ1) is 12.9. The van der Waals surface area contributed by atoms with Crippen LogP contribution in [0.3, 0.4) is 0 Å². The van der Waals surface area contributed by atoms with E-state index in [9.17, 15) is 13.7 Å². The van der Waals surface area contributed by atoms with Crippen LogP contribution in [0.5, 0.6) is 0 Å². The predicted octanol–water partition coefficient (Wildman–Crippen LogP) is 1.40. The van der Waals surface area contributed by atoms with Gasteiger partial charge in [-0.15, -0.1) is 0 Å². The van der Waals surface area contributed by atoms with Crippen molar-refractivity contribution in [3.05, 3.63) is 30.5 Å². The first kappa shape index (κ1) is 17.6. The van der Waals surface area contributed by atoms with E-state index < -0.39 is 15.6 Å². The molecule has 27 heavy (non-hydrogen) atoms. The zero-order chi connectivity index (χ0) is 19.2. The number of nitriles is 1. The largest absolute Gasteiger partial charge is 0.343 e. The first-order valence-corrected chi connectivity index (χ1v) is 10.2. The lowest BCUT2D eigenvalue weighted by atomic mass is 9.89. The molecular formula is C17H19N7O2S. The third kappa shape index (κ3) is 2.79. The van der Waals surface area contributed by atoms with Crippen LogP contribution in [0.25, 0.3) is 22.3 Å². The molecule has 0 bridgehead atoms. The first-order valence-electron chi connectivity index (χ1n) is 8.59. The molecule has 0 amide bonds. The van der Waals surface area contributed by atoms with E-state index >= 15 is 0 Å². The molecule has 0 spiro atoms. The van der Waals surface area contributed by atoms with Gasteiger partial charge in [-0.1, -0.05) is 0 Å². The van der Waals surface area contributed by atoms with Gasteiger partial charge < -0.3 is 4.98 Å². The average Bonchev–Trinajstić information content (AvgIpc) is 3.23. The van der Waals surface area contributed by atoms with Crippen molar-refractivity contribution in [1.29, 1.82) is 5.26 Å². The van der Waals surface area contributed by atoms with Crippen LogP contribution in [0.4, 0.5) is 0 Å². The number of aryl methyl sites for hydroxylation is 1. The highest BCUT2D eigenvalue weighted by Gasteiger charge is 2.49. The number of hydrogen-bond donors (Lipinski definition) is 1. The normalized spacial score (nSPS) is 16.9. The summed E-state index contributed by atoms with van der Waals surface area (Å²) in [5, 5.41) is 14.6. The molecule has 0 aliphatic carbocycles. The van der Waals surface area contributed by atoms with Crippen molar-refractivity contribution < 1.29 is 8.42 Å². The highest BCUT2D eigenvalue weighted by Crippen LogP contribution is 2.35. The fraction of sp³-hybridized carbons (Fsp3) is 0.412. The Hall–Kier alpha value is -2.77. The van der Waals surface area contributed by atoms with Gasteiger partial charge in [-0.25, -0.2) is 18.4 Å². The summed E-state index contributed by atoms with van der Waals surface area (Å²) in [5.74, 6) is 0.0474. The van der Waals surface area contributed by atoms with Crippen LogP contribution in [0, 0.1) is 18.3 Å². The fourth-order valence-electron chi connectivity index (χ4n) is 3.48. The van der Waals surface area contributed by atoms with Gasteiger partial charge in [-0.05, 0) is 19.9 Å². The van der Waals surface area contributed by atoms with E-state index in [0.717, 1.165) is 28.0 Å². The SMILES string of the molecule is CCS(=O)(=O)N1CC(CC#N)(n2cc(-c3ncnc4[nH]c(C)cc34)cn2)C1. The second-order valence-corrected chi connectivity index (χ2v) is 9.10. The number of aromatic nitrogens is 5. The van der Waals surface area contributed by atoms with E-state index in [1.165, 1.54) is 10.6 Å². The summed E-state index contributed by atoms with van der Waals surface area (Å²) in [5.41, 5.74) is 2.64. The summed E-state index contributed by atoms with van der Waals surface area (Å²) in [6.07, 6.45) is 5.21. The number of hydrogen-bond acceptors (Lipinski definition) is 6. The summed E-state index contributed by atoms with van der Waals surface area (Å²) >= 11 is 0. The molecule has 1 N–H and O–H groups in total. The molecular weight excluding hydrogens is 366 g/mol. The number of nitrogens with zero attached hydrogens (tertiary/aromatic N) is 6. The minimum absolute atomic E-state index is 0.0474. The summed E-state index contributed by atoms with van der Waals surface area (Å²) in [7, 11) is -3.27. The maximum Gasteiger partial charge on any atom is 0.213 e. The molecule has 9 nitrogen and oxygen atoms in total. The van der Waals surface area contributed by atoms with Gasteiger partial charge in [0.1, 0.15) is 17.5 Å². The third-order valence-corrected chi connectivity index (χ3v) is 6.78. The van der Waals surface area contributed by atoms with E-state index in [-0.39, 0.29) is 25.3 Å². The van der Waals surface area contributed by atoms with Crippen LogP contribution in [0.1, 0.15) is 19.0 Å². The summed E-state index contributed by atoms with van der Waals surface area (Å²) in [4.78, 5) is 11.8. The lowest BCUT2D eigenvalue weighted by Gasteiger charge is -2.47. The van der Waals surface area contributed by atoms with Gasteiger partial charge in [0.15, 0.2) is 0 Å². The molecule has 10 heteroatoms. The lowest BCUT2D eigenvalue weighted by Crippen LogP contribution is -2.64. The minimum atomic E-state index is -3.27. The van der Waals surface area contributed by atoms with Crippen LogP contribution in [-0.2, 0) is 15.6 Å². The molecule has 0 atom stereocenters.